The van der Waals surface area contributed by atoms with Crippen molar-refractivity contribution in [2.45, 2.75) is 44.6 Å². The molecule has 0 bridgehead atoms. The molecule has 1 saturated heterocycles. The number of fused-ring (bicyclic) bond motifs is 1. The van der Waals surface area contributed by atoms with Gasteiger partial charge in [-0.3, -0.25) is 0 Å². The summed E-state index contributed by atoms with van der Waals surface area (Å²) in [5, 5.41) is 4.06. The van der Waals surface area contributed by atoms with Crippen LogP contribution < -0.4 is 5.32 Å². The fraction of sp³-hybridized carbons (Fsp3) is 0.562. The van der Waals surface area contributed by atoms with Crippen molar-refractivity contribution in [3.63, 3.8) is 0 Å². The summed E-state index contributed by atoms with van der Waals surface area (Å²) < 4.78 is 12.9. The second-order valence-electron chi connectivity index (χ2n) is 5.88. The number of halogens is 1. The van der Waals surface area contributed by atoms with Gasteiger partial charge in [-0.05, 0) is 68.1 Å². The van der Waals surface area contributed by atoms with Gasteiger partial charge in [-0.15, -0.1) is 0 Å². The van der Waals surface area contributed by atoms with Crippen LogP contribution in [0.15, 0.2) is 24.3 Å². The van der Waals surface area contributed by atoms with Crippen molar-refractivity contribution in [2.24, 2.45) is 5.92 Å². The molecule has 1 N–H and O–H groups in total. The molecular weight excluding hydrogens is 271 g/mol. The number of nitrogens with zero attached hydrogens (tertiary/aromatic N) is 1. The van der Waals surface area contributed by atoms with E-state index in [0.717, 1.165) is 23.3 Å². The maximum Gasteiger partial charge on any atom is 0.173 e. The molecule has 3 rings (SSSR count). The van der Waals surface area contributed by atoms with Crippen LogP contribution in [-0.2, 0) is 0 Å². The molecule has 0 unspecified atom stereocenters. The Balaban J connectivity index is 1.67. The molecule has 0 radical (unpaired) electrons. The molecule has 2 fully saturated rings. The Bertz CT molecular complexity index is 472. The van der Waals surface area contributed by atoms with Crippen molar-refractivity contribution in [3.8, 4) is 0 Å². The fourth-order valence-corrected chi connectivity index (χ4v) is 3.95. The summed E-state index contributed by atoms with van der Waals surface area (Å²) in [6.07, 6.45) is 7.87. The summed E-state index contributed by atoms with van der Waals surface area (Å²) >= 11 is 5.58. The van der Waals surface area contributed by atoms with Gasteiger partial charge in [0.2, 0.25) is 0 Å². The number of benzene rings is 1. The lowest BCUT2D eigenvalue weighted by Crippen LogP contribution is -2.51. The minimum Gasteiger partial charge on any atom is -0.346 e. The maximum absolute atomic E-state index is 12.9. The average molecular weight is 292 g/mol. The van der Waals surface area contributed by atoms with E-state index in [1.165, 1.54) is 50.7 Å². The first-order valence-electron chi connectivity index (χ1n) is 7.57. The largest absolute Gasteiger partial charge is 0.346 e. The van der Waals surface area contributed by atoms with E-state index in [1.807, 2.05) is 0 Å². The van der Waals surface area contributed by atoms with Crippen LogP contribution in [0.2, 0.25) is 0 Å². The SMILES string of the molecule is Fc1ccc(NC(=S)N2CCC[C@@H]3CCCC[C@H]32)cc1. The van der Waals surface area contributed by atoms with E-state index >= 15 is 0 Å². The Hall–Kier alpha value is -1.16. The van der Waals surface area contributed by atoms with Gasteiger partial charge in [-0.2, -0.15) is 0 Å². The molecule has 1 aliphatic carbocycles. The smallest absolute Gasteiger partial charge is 0.173 e. The van der Waals surface area contributed by atoms with Gasteiger partial charge in [-0.1, -0.05) is 12.8 Å². The molecule has 20 heavy (non-hydrogen) atoms. The van der Waals surface area contributed by atoms with E-state index in [1.54, 1.807) is 12.1 Å². The van der Waals surface area contributed by atoms with Crippen molar-refractivity contribution in [3.05, 3.63) is 30.1 Å². The lowest BCUT2D eigenvalue weighted by molar-refractivity contribution is 0.121. The number of hydrogen-bond donors (Lipinski definition) is 1. The average Bonchev–Trinajstić information content (AvgIpc) is 2.49. The monoisotopic (exact) mass is 292 g/mol. The number of rotatable bonds is 1. The molecule has 2 nitrogen and oxygen atoms in total. The summed E-state index contributed by atoms with van der Waals surface area (Å²) in [6.45, 7) is 1.05. The second kappa shape index (κ2) is 6.08. The Morgan fingerprint density at radius 3 is 2.60 bits per heavy atom. The molecule has 1 heterocycles. The van der Waals surface area contributed by atoms with Crippen LogP contribution in [0.1, 0.15) is 38.5 Å². The minimum atomic E-state index is -0.216. The van der Waals surface area contributed by atoms with Gasteiger partial charge >= 0.3 is 0 Å². The lowest BCUT2D eigenvalue weighted by Gasteiger charge is -2.45. The van der Waals surface area contributed by atoms with Gasteiger partial charge in [0.05, 0.1) is 0 Å². The van der Waals surface area contributed by atoms with Crippen molar-refractivity contribution in [1.82, 2.24) is 4.90 Å². The number of piperidine rings is 1. The molecule has 1 aromatic rings. The standard InChI is InChI=1S/C16H21FN2S/c17-13-7-9-14(10-8-13)18-16(20)19-11-3-5-12-4-1-2-6-15(12)19/h7-10,12,15H,1-6,11H2,(H,18,20)/t12-,15+/m0/s1. The van der Waals surface area contributed by atoms with Gasteiger partial charge in [0.15, 0.2) is 5.11 Å². The van der Waals surface area contributed by atoms with Crippen LogP contribution in [0, 0.1) is 11.7 Å². The Kier molecular flexibility index (Phi) is 4.20. The highest BCUT2D eigenvalue weighted by molar-refractivity contribution is 7.80. The normalized spacial score (nSPS) is 25.9. The molecule has 0 aromatic heterocycles. The van der Waals surface area contributed by atoms with E-state index in [4.69, 9.17) is 12.2 Å². The van der Waals surface area contributed by atoms with E-state index in [-0.39, 0.29) is 5.82 Å². The van der Waals surface area contributed by atoms with Crippen LogP contribution in [0.4, 0.5) is 10.1 Å². The summed E-state index contributed by atoms with van der Waals surface area (Å²) in [5.74, 6) is 0.595. The Morgan fingerprint density at radius 2 is 1.80 bits per heavy atom. The molecule has 2 aliphatic rings. The zero-order valence-corrected chi connectivity index (χ0v) is 12.5. The second-order valence-corrected chi connectivity index (χ2v) is 6.27. The van der Waals surface area contributed by atoms with Gasteiger partial charge in [0, 0.05) is 18.3 Å². The van der Waals surface area contributed by atoms with Gasteiger partial charge in [-0.25, -0.2) is 4.39 Å². The molecule has 0 amide bonds. The van der Waals surface area contributed by atoms with Gasteiger partial charge < -0.3 is 10.2 Å². The van der Waals surface area contributed by atoms with Crippen LogP contribution in [0.25, 0.3) is 0 Å². The predicted molar refractivity (Wildman–Crippen MR) is 84.3 cm³/mol. The maximum atomic E-state index is 12.9. The molecule has 108 valence electrons. The lowest BCUT2D eigenvalue weighted by atomic mass is 9.78. The topological polar surface area (TPSA) is 15.3 Å². The third kappa shape index (κ3) is 2.95. The van der Waals surface area contributed by atoms with E-state index in [9.17, 15) is 4.39 Å². The highest BCUT2D eigenvalue weighted by Crippen LogP contribution is 2.35. The fourth-order valence-electron chi connectivity index (χ4n) is 3.61. The summed E-state index contributed by atoms with van der Waals surface area (Å²) in [6, 6.07) is 7.01. The zero-order valence-electron chi connectivity index (χ0n) is 11.6. The van der Waals surface area contributed by atoms with Gasteiger partial charge in [0.1, 0.15) is 5.82 Å². The predicted octanol–water partition coefficient (Wildman–Crippen LogP) is 4.18. The number of hydrogen-bond acceptors (Lipinski definition) is 1. The summed E-state index contributed by atoms with van der Waals surface area (Å²) in [5.41, 5.74) is 0.870. The molecule has 4 heteroatoms. The summed E-state index contributed by atoms with van der Waals surface area (Å²) in [7, 11) is 0. The molecule has 1 saturated carbocycles. The van der Waals surface area contributed by atoms with Crippen molar-refractivity contribution in [1.29, 1.82) is 0 Å². The van der Waals surface area contributed by atoms with E-state index in [0.29, 0.717) is 6.04 Å². The van der Waals surface area contributed by atoms with Crippen LogP contribution >= 0.6 is 12.2 Å². The number of anilines is 1. The summed E-state index contributed by atoms with van der Waals surface area (Å²) in [4.78, 5) is 2.37. The van der Waals surface area contributed by atoms with Crippen LogP contribution in [-0.4, -0.2) is 22.6 Å². The van der Waals surface area contributed by atoms with Crippen molar-refractivity contribution in [2.75, 3.05) is 11.9 Å². The van der Waals surface area contributed by atoms with E-state index < -0.39 is 0 Å². The highest BCUT2D eigenvalue weighted by Gasteiger charge is 2.34. The molecule has 0 spiro atoms. The Morgan fingerprint density at radius 1 is 1.10 bits per heavy atom. The number of nitrogens with one attached hydrogen (secondary N) is 1. The third-order valence-corrected chi connectivity index (χ3v) is 4.94. The van der Waals surface area contributed by atoms with Crippen LogP contribution in [0.5, 0.6) is 0 Å². The number of likely N-dealkylation sites (tertiary alicyclic amines) is 1. The number of thiocarbonyl (C=S) groups is 1. The Labute approximate surface area is 125 Å². The first kappa shape index (κ1) is 13.8. The first-order valence-corrected chi connectivity index (χ1v) is 7.98. The van der Waals surface area contributed by atoms with Gasteiger partial charge in [0.25, 0.3) is 0 Å². The third-order valence-electron chi connectivity index (χ3n) is 4.60. The zero-order chi connectivity index (χ0) is 13.9. The first-order chi connectivity index (χ1) is 9.74. The van der Waals surface area contributed by atoms with Crippen LogP contribution in [0.3, 0.4) is 0 Å². The minimum absolute atomic E-state index is 0.216. The molecule has 1 aromatic carbocycles. The molecule has 1 aliphatic heterocycles. The van der Waals surface area contributed by atoms with Crippen molar-refractivity contribution < 1.29 is 4.39 Å². The quantitative estimate of drug-likeness (QED) is 0.782. The molecular formula is C16H21FN2S. The van der Waals surface area contributed by atoms with Crippen molar-refractivity contribution >= 4 is 23.0 Å². The molecule has 2 atom stereocenters. The van der Waals surface area contributed by atoms with E-state index in [2.05, 4.69) is 10.2 Å². The highest BCUT2D eigenvalue weighted by atomic mass is 32.1.